The number of likely N-dealkylation sites (tertiary alicyclic amines) is 2. The Bertz CT molecular complexity index is 2020. The van der Waals surface area contributed by atoms with Gasteiger partial charge in [0, 0.05) is 54.2 Å². The molecule has 0 N–H and O–H groups in total. The zero-order valence-electron chi connectivity index (χ0n) is 34.5. The lowest BCUT2D eigenvalue weighted by Crippen LogP contribution is -2.41. The lowest BCUT2D eigenvalue weighted by Gasteiger charge is -2.32. The van der Waals surface area contributed by atoms with E-state index >= 15 is 0 Å². The largest absolute Gasteiger partial charge is 0.458 e. The van der Waals surface area contributed by atoms with Crippen molar-refractivity contribution < 1.29 is 38.1 Å². The molecular weight excluding hydrogens is 789 g/mol. The van der Waals surface area contributed by atoms with E-state index < -0.39 is 17.2 Å². The van der Waals surface area contributed by atoms with Crippen molar-refractivity contribution in [3.05, 3.63) is 74.6 Å². The lowest BCUT2D eigenvalue weighted by atomic mass is 9.98. The molecule has 0 spiro atoms. The van der Waals surface area contributed by atoms with Crippen LogP contribution >= 0.6 is 22.7 Å². The number of esters is 2. The van der Waals surface area contributed by atoms with E-state index in [1.807, 2.05) is 77.9 Å². The molecule has 1 aliphatic carbocycles. The fraction of sp³-hybridized carbons (Fsp3) is 0.556. The first kappa shape index (κ1) is 45.5. The summed E-state index contributed by atoms with van der Waals surface area (Å²) in [6.45, 7) is 13.8. The Morgan fingerprint density at radius 1 is 0.627 bits per heavy atom. The molecule has 2 aromatic carbocycles. The standard InChI is InChI=1S/C24H26N2O4S.C20H30N2O4S.CH4/c1-24(2,3)30-23(28)26-13-11-17(12-14-26)21-25-19(15-31-21)22(27)29-20-10-6-8-16-7-4-5-9-18(16)20;1-20(2,3)26-19(24)22-11-9-14(10-12-22)17-21-16(13-27-17)18(23)25-15-7-5-4-6-8-15;/h4-10,15,17H,11-14H2,1-3H3;13-15H,4-12H2,1-3H3;1H4. The number of hydrogen-bond donors (Lipinski definition) is 0. The lowest BCUT2D eigenvalue weighted by molar-refractivity contribution is 0.0192. The average molecular weight is 849 g/mol. The van der Waals surface area contributed by atoms with Gasteiger partial charge in [-0.2, -0.15) is 0 Å². The van der Waals surface area contributed by atoms with Crippen LogP contribution in [-0.4, -0.2) is 87.4 Å². The van der Waals surface area contributed by atoms with Crippen molar-refractivity contribution in [2.75, 3.05) is 26.2 Å². The SMILES string of the molecule is C.CC(C)(C)OC(=O)N1CCC(c2nc(C(=O)OC3CCCCC3)cs2)CC1.CC(C)(C)OC(=O)N1CCC(c2nc(C(=O)Oc3cccc4ccccc34)cs2)CC1. The molecule has 320 valence electrons. The van der Waals surface area contributed by atoms with Crippen molar-refractivity contribution in [1.82, 2.24) is 19.8 Å². The molecule has 4 aromatic rings. The Balaban J connectivity index is 0.000000223. The van der Waals surface area contributed by atoms with Crippen molar-refractivity contribution in [3.8, 4) is 5.75 Å². The maximum atomic E-state index is 12.7. The van der Waals surface area contributed by atoms with Crippen LogP contribution in [0.2, 0.25) is 0 Å². The number of hydrogen-bond acceptors (Lipinski definition) is 12. The Hall–Kier alpha value is -4.56. The summed E-state index contributed by atoms with van der Waals surface area (Å²) in [5.41, 5.74) is -0.225. The molecule has 3 aliphatic rings. The number of carbonyl (C=O) groups is 4. The molecule has 0 unspecified atom stereocenters. The predicted octanol–water partition coefficient (Wildman–Crippen LogP) is 11.0. The Labute approximate surface area is 356 Å². The van der Waals surface area contributed by atoms with Crippen LogP contribution in [0.1, 0.15) is 150 Å². The van der Waals surface area contributed by atoms with Gasteiger partial charge >= 0.3 is 24.1 Å². The quantitative estimate of drug-likeness (QED) is 0.105. The highest BCUT2D eigenvalue weighted by atomic mass is 32.1. The Kier molecular flexibility index (Phi) is 15.5. The molecule has 0 atom stereocenters. The molecule has 3 fully saturated rings. The Morgan fingerprint density at radius 2 is 1.10 bits per heavy atom. The highest BCUT2D eigenvalue weighted by molar-refractivity contribution is 7.10. The third kappa shape index (κ3) is 13.0. The van der Waals surface area contributed by atoms with Gasteiger partial charge in [-0.15, -0.1) is 22.7 Å². The molecule has 1 saturated carbocycles. The van der Waals surface area contributed by atoms with Crippen LogP contribution in [0.25, 0.3) is 10.8 Å². The second kappa shape index (κ2) is 20.1. The van der Waals surface area contributed by atoms with Gasteiger partial charge in [0.15, 0.2) is 11.4 Å². The van der Waals surface area contributed by atoms with E-state index in [-0.39, 0.29) is 43.5 Å². The minimum Gasteiger partial charge on any atom is -0.458 e. The molecule has 2 aliphatic heterocycles. The molecule has 14 heteroatoms. The summed E-state index contributed by atoms with van der Waals surface area (Å²) in [6.07, 6.45) is 8.22. The summed E-state index contributed by atoms with van der Waals surface area (Å²) in [7, 11) is 0. The third-order valence-corrected chi connectivity index (χ3v) is 12.2. The molecule has 4 heterocycles. The van der Waals surface area contributed by atoms with Gasteiger partial charge in [0.2, 0.25) is 0 Å². The molecule has 7 rings (SSSR count). The highest BCUT2D eigenvalue weighted by Crippen LogP contribution is 2.33. The molecule has 2 aromatic heterocycles. The van der Waals surface area contributed by atoms with Crippen LogP contribution in [-0.2, 0) is 14.2 Å². The number of fused-ring (bicyclic) bond motifs is 1. The minimum atomic E-state index is -0.497. The van der Waals surface area contributed by atoms with E-state index in [4.69, 9.17) is 18.9 Å². The van der Waals surface area contributed by atoms with Crippen LogP contribution in [0.3, 0.4) is 0 Å². The van der Waals surface area contributed by atoms with Gasteiger partial charge in [-0.1, -0.05) is 50.2 Å². The molecule has 12 nitrogen and oxygen atoms in total. The number of piperidine rings is 2. The number of aromatic nitrogens is 2. The zero-order valence-corrected chi connectivity index (χ0v) is 36.1. The summed E-state index contributed by atoms with van der Waals surface area (Å²) >= 11 is 2.99. The van der Waals surface area contributed by atoms with Gasteiger partial charge in [0.1, 0.15) is 23.1 Å². The van der Waals surface area contributed by atoms with Gasteiger partial charge < -0.3 is 28.7 Å². The van der Waals surface area contributed by atoms with Crippen molar-refractivity contribution in [3.63, 3.8) is 0 Å². The van der Waals surface area contributed by atoms with Gasteiger partial charge in [-0.3, -0.25) is 0 Å². The van der Waals surface area contributed by atoms with Crippen molar-refractivity contribution in [2.45, 2.75) is 136 Å². The van der Waals surface area contributed by atoms with E-state index in [9.17, 15) is 19.2 Å². The first-order chi connectivity index (χ1) is 27.6. The van der Waals surface area contributed by atoms with Crippen LogP contribution in [0.4, 0.5) is 9.59 Å². The highest BCUT2D eigenvalue weighted by Gasteiger charge is 2.31. The molecule has 0 bridgehead atoms. The second-order valence-corrected chi connectivity index (χ2v) is 18.9. The molecule has 0 radical (unpaired) electrons. The van der Waals surface area contributed by atoms with E-state index in [0.29, 0.717) is 43.3 Å². The van der Waals surface area contributed by atoms with E-state index in [2.05, 4.69) is 9.97 Å². The second-order valence-electron chi connectivity index (χ2n) is 17.2. The first-order valence-electron chi connectivity index (χ1n) is 20.4. The van der Waals surface area contributed by atoms with Gasteiger partial charge in [-0.25, -0.2) is 29.1 Å². The molecular formula is C45H60N4O8S2. The maximum absolute atomic E-state index is 12.7. The fourth-order valence-corrected chi connectivity index (χ4v) is 9.16. The molecule has 2 amide bonds. The first-order valence-corrected chi connectivity index (χ1v) is 22.2. The number of rotatable bonds is 6. The summed E-state index contributed by atoms with van der Waals surface area (Å²) in [4.78, 5) is 62.0. The smallest absolute Gasteiger partial charge is 0.410 e. The fourth-order valence-electron chi connectivity index (χ4n) is 7.24. The van der Waals surface area contributed by atoms with E-state index in [1.165, 1.54) is 29.1 Å². The number of nitrogens with zero attached hydrogens (tertiary/aromatic N) is 4. The van der Waals surface area contributed by atoms with Crippen LogP contribution in [0.5, 0.6) is 5.75 Å². The third-order valence-electron chi connectivity index (χ3n) is 10.2. The number of ether oxygens (including phenoxy) is 4. The monoisotopic (exact) mass is 848 g/mol. The molecule has 2 saturated heterocycles. The van der Waals surface area contributed by atoms with Crippen LogP contribution < -0.4 is 4.74 Å². The summed E-state index contributed by atoms with van der Waals surface area (Å²) in [5, 5.41) is 7.35. The molecule has 59 heavy (non-hydrogen) atoms. The Morgan fingerprint density at radius 3 is 1.61 bits per heavy atom. The summed E-state index contributed by atoms with van der Waals surface area (Å²) < 4.78 is 22.1. The summed E-state index contributed by atoms with van der Waals surface area (Å²) in [5.74, 6) is 0.289. The normalized spacial score (nSPS) is 17.0. The number of amides is 2. The van der Waals surface area contributed by atoms with Crippen LogP contribution in [0, 0.1) is 0 Å². The maximum Gasteiger partial charge on any atom is 0.410 e. The minimum absolute atomic E-state index is 0. The number of carbonyl (C=O) groups excluding carboxylic acids is 4. The number of benzene rings is 2. The van der Waals surface area contributed by atoms with Crippen molar-refractivity contribution in [2.24, 2.45) is 0 Å². The average Bonchev–Trinajstić information content (AvgIpc) is 3.90. The van der Waals surface area contributed by atoms with Gasteiger partial charge in [0.25, 0.3) is 0 Å². The topological polar surface area (TPSA) is 137 Å². The van der Waals surface area contributed by atoms with Gasteiger partial charge in [-0.05, 0) is 104 Å². The van der Waals surface area contributed by atoms with E-state index in [1.54, 1.807) is 26.6 Å². The zero-order chi connectivity index (χ0) is 41.5. The van der Waals surface area contributed by atoms with Crippen LogP contribution in [0.15, 0.2) is 53.2 Å². The van der Waals surface area contributed by atoms with Gasteiger partial charge in [0.05, 0.1) is 10.0 Å². The van der Waals surface area contributed by atoms with Crippen molar-refractivity contribution >= 4 is 57.6 Å². The van der Waals surface area contributed by atoms with E-state index in [0.717, 1.165) is 72.2 Å². The summed E-state index contributed by atoms with van der Waals surface area (Å²) in [6, 6.07) is 13.4. The predicted molar refractivity (Wildman–Crippen MR) is 232 cm³/mol. The van der Waals surface area contributed by atoms with Crippen molar-refractivity contribution in [1.29, 1.82) is 0 Å². The number of thiazole rings is 2.